The molecule has 0 saturated carbocycles. The van der Waals surface area contributed by atoms with Crippen LogP contribution in [0.1, 0.15) is 50.8 Å². The third-order valence-electron chi connectivity index (χ3n) is 2.59. The van der Waals surface area contributed by atoms with Crippen LogP contribution in [0.2, 0.25) is 0 Å². The fourth-order valence-electron chi connectivity index (χ4n) is 1.88. The zero-order chi connectivity index (χ0) is 10.8. The minimum absolute atomic E-state index is 0.274. The summed E-state index contributed by atoms with van der Waals surface area (Å²) in [6, 6.07) is 6.85. The first-order chi connectivity index (χ1) is 6.45. The lowest BCUT2D eigenvalue weighted by Crippen LogP contribution is -2.14. The van der Waals surface area contributed by atoms with E-state index in [0.29, 0.717) is 0 Å². The van der Waals surface area contributed by atoms with E-state index in [4.69, 9.17) is 0 Å². The maximum atomic E-state index is 2.34. The highest BCUT2D eigenvalue weighted by Gasteiger charge is 2.17. The van der Waals surface area contributed by atoms with E-state index >= 15 is 0 Å². The fraction of sp³-hybridized carbons (Fsp3) is 0.571. The zero-order valence-electron chi connectivity index (χ0n) is 10.1. The molecule has 0 saturated heterocycles. The lowest BCUT2D eigenvalue weighted by atomic mass is 9.82. The quantitative estimate of drug-likeness (QED) is 0.654. The van der Waals surface area contributed by atoms with Gasteiger partial charge in [0.15, 0.2) is 0 Å². The van der Waals surface area contributed by atoms with Crippen LogP contribution in [-0.2, 0) is 11.8 Å². The first-order valence-corrected chi connectivity index (χ1v) is 5.55. The maximum absolute atomic E-state index is 2.34. The third kappa shape index (κ3) is 2.60. The van der Waals surface area contributed by atoms with Crippen molar-refractivity contribution >= 4 is 0 Å². The van der Waals surface area contributed by atoms with E-state index in [0.717, 1.165) is 0 Å². The summed E-state index contributed by atoms with van der Waals surface area (Å²) < 4.78 is 0. The van der Waals surface area contributed by atoms with Gasteiger partial charge in [0.2, 0.25) is 0 Å². The molecule has 1 aromatic rings. The summed E-state index contributed by atoms with van der Waals surface area (Å²) in [6.45, 7) is 11.3. The molecule has 0 N–H and O–H groups in total. The van der Waals surface area contributed by atoms with Gasteiger partial charge in [-0.2, -0.15) is 0 Å². The van der Waals surface area contributed by atoms with Gasteiger partial charge < -0.3 is 0 Å². The monoisotopic (exact) mass is 190 g/mol. The van der Waals surface area contributed by atoms with Crippen LogP contribution in [0.15, 0.2) is 18.2 Å². The average Bonchev–Trinajstić information content (AvgIpc) is 2.07. The zero-order valence-corrected chi connectivity index (χ0v) is 10.1. The van der Waals surface area contributed by atoms with E-state index < -0.39 is 0 Å². The van der Waals surface area contributed by atoms with Crippen LogP contribution in [0.3, 0.4) is 0 Å². The van der Waals surface area contributed by atoms with Crippen molar-refractivity contribution in [3.63, 3.8) is 0 Å². The molecule has 1 aromatic carbocycles. The molecule has 0 atom stereocenters. The molecule has 1 rings (SSSR count). The largest absolute Gasteiger partial charge is 0.0651 e. The summed E-state index contributed by atoms with van der Waals surface area (Å²) in [7, 11) is 0. The molecule has 0 nitrogen and oxygen atoms in total. The fourth-order valence-corrected chi connectivity index (χ4v) is 1.88. The molecular weight excluding hydrogens is 168 g/mol. The Morgan fingerprint density at radius 1 is 1.14 bits per heavy atom. The van der Waals surface area contributed by atoms with Crippen molar-refractivity contribution in [2.75, 3.05) is 0 Å². The van der Waals surface area contributed by atoms with Gasteiger partial charge in [0, 0.05) is 0 Å². The molecule has 14 heavy (non-hydrogen) atoms. The first-order valence-electron chi connectivity index (χ1n) is 5.55. The molecule has 0 unspecified atom stereocenters. The second-order valence-corrected chi connectivity index (χ2v) is 5.16. The first kappa shape index (κ1) is 11.3. The Balaban J connectivity index is 3.16. The second-order valence-electron chi connectivity index (χ2n) is 5.16. The van der Waals surface area contributed by atoms with Crippen LogP contribution in [-0.4, -0.2) is 0 Å². The molecule has 78 valence electrons. The topological polar surface area (TPSA) is 0 Å². The van der Waals surface area contributed by atoms with E-state index in [9.17, 15) is 0 Å². The molecule has 0 aliphatic heterocycles. The number of rotatable bonds is 2. The minimum atomic E-state index is 0.274. The third-order valence-corrected chi connectivity index (χ3v) is 2.59. The molecule has 0 aliphatic rings. The van der Waals surface area contributed by atoms with Gasteiger partial charge in [0.1, 0.15) is 0 Å². The van der Waals surface area contributed by atoms with E-state index in [2.05, 4.69) is 52.8 Å². The summed E-state index contributed by atoms with van der Waals surface area (Å²) in [5.41, 5.74) is 4.68. The van der Waals surface area contributed by atoms with Crippen molar-refractivity contribution in [3.05, 3.63) is 34.9 Å². The molecule has 0 fully saturated rings. The Morgan fingerprint density at radius 3 is 2.29 bits per heavy atom. The highest BCUT2D eigenvalue weighted by Crippen LogP contribution is 2.27. The van der Waals surface area contributed by atoms with Gasteiger partial charge in [-0.1, -0.05) is 57.9 Å². The number of aryl methyl sites for hydroxylation is 2. The van der Waals surface area contributed by atoms with Crippen molar-refractivity contribution in [2.45, 2.75) is 52.9 Å². The van der Waals surface area contributed by atoms with Gasteiger partial charge >= 0.3 is 0 Å². The van der Waals surface area contributed by atoms with Crippen molar-refractivity contribution in [1.29, 1.82) is 0 Å². The summed E-state index contributed by atoms with van der Waals surface area (Å²) in [4.78, 5) is 0. The van der Waals surface area contributed by atoms with E-state index in [-0.39, 0.29) is 5.41 Å². The Morgan fingerprint density at radius 2 is 1.79 bits per heavy atom. The molecule has 0 bridgehead atoms. The molecule has 0 spiro atoms. The van der Waals surface area contributed by atoms with Gasteiger partial charge in [-0.25, -0.2) is 0 Å². The molecule has 0 aromatic heterocycles. The Hall–Kier alpha value is -0.780. The Labute approximate surface area is 88.4 Å². The smallest absolute Gasteiger partial charge is 0.0129 e. The van der Waals surface area contributed by atoms with Crippen molar-refractivity contribution in [1.82, 2.24) is 0 Å². The van der Waals surface area contributed by atoms with Crippen molar-refractivity contribution in [3.8, 4) is 0 Å². The molecule has 0 aliphatic carbocycles. The molecule has 0 radical (unpaired) electrons. The normalized spacial score (nSPS) is 11.8. The summed E-state index contributed by atoms with van der Waals surface area (Å²) >= 11 is 0. The number of benzene rings is 1. The highest BCUT2D eigenvalue weighted by atomic mass is 14.2. The van der Waals surface area contributed by atoms with Gasteiger partial charge in [0.25, 0.3) is 0 Å². The summed E-state index contributed by atoms with van der Waals surface area (Å²) in [5.74, 6) is 0. The maximum Gasteiger partial charge on any atom is -0.0129 e. The standard InChI is InChI=1S/C14H22/c1-6-7-12-9-8-11(2)10-13(12)14(3,4)5/h8-10H,6-7H2,1-5H3. The van der Waals surface area contributed by atoms with Crippen LogP contribution >= 0.6 is 0 Å². The van der Waals surface area contributed by atoms with Crippen molar-refractivity contribution < 1.29 is 0 Å². The van der Waals surface area contributed by atoms with E-state index in [1.807, 2.05) is 0 Å². The number of hydrogen-bond donors (Lipinski definition) is 0. The second kappa shape index (κ2) is 4.16. The van der Waals surface area contributed by atoms with Crippen molar-refractivity contribution in [2.24, 2.45) is 0 Å². The van der Waals surface area contributed by atoms with E-state index in [1.165, 1.54) is 29.5 Å². The average molecular weight is 190 g/mol. The van der Waals surface area contributed by atoms with Gasteiger partial charge in [0.05, 0.1) is 0 Å². The molecule has 0 heteroatoms. The predicted molar refractivity (Wildman–Crippen MR) is 63.9 cm³/mol. The van der Waals surface area contributed by atoms with Crippen LogP contribution < -0.4 is 0 Å². The molecule has 0 heterocycles. The predicted octanol–water partition coefficient (Wildman–Crippen LogP) is 4.25. The summed E-state index contributed by atoms with van der Waals surface area (Å²) in [5, 5.41) is 0. The highest BCUT2D eigenvalue weighted by molar-refractivity contribution is 5.36. The SMILES string of the molecule is CCCc1ccc(C)cc1C(C)(C)C. The lowest BCUT2D eigenvalue weighted by molar-refractivity contribution is 0.581. The molecule has 0 amide bonds. The number of hydrogen-bond acceptors (Lipinski definition) is 0. The lowest BCUT2D eigenvalue weighted by Gasteiger charge is -2.23. The van der Waals surface area contributed by atoms with Crippen LogP contribution in [0.25, 0.3) is 0 Å². The minimum Gasteiger partial charge on any atom is -0.0651 e. The van der Waals surface area contributed by atoms with Gasteiger partial charge in [-0.05, 0) is 29.9 Å². The van der Waals surface area contributed by atoms with Gasteiger partial charge in [-0.3, -0.25) is 0 Å². The van der Waals surface area contributed by atoms with E-state index in [1.54, 1.807) is 0 Å². The van der Waals surface area contributed by atoms with Crippen LogP contribution in [0.4, 0.5) is 0 Å². The van der Waals surface area contributed by atoms with Crippen LogP contribution in [0, 0.1) is 6.92 Å². The Kier molecular flexibility index (Phi) is 3.36. The van der Waals surface area contributed by atoms with Crippen LogP contribution in [0.5, 0.6) is 0 Å². The molecular formula is C14H22. The summed E-state index contributed by atoms with van der Waals surface area (Å²) in [6.07, 6.45) is 2.43. The van der Waals surface area contributed by atoms with Gasteiger partial charge in [-0.15, -0.1) is 0 Å². The Bertz CT molecular complexity index is 302.